The van der Waals surface area contributed by atoms with E-state index in [1.165, 1.54) is 23.1 Å². The van der Waals surface area contributed by atoms with E-state index in [0.717, 1.165) is 31.2 Å². The van der Waals surface area contributed by atoms with Crippen molar-refractivity contribution < 1.29 is 19.1 Å². The number of amidine groups is 2. The molecule has 0 aromatic heterocycles. The third kappa shape index (κ3) is 5.75. The minimum absolute atomic E-state index is 0.0357. The lowest BCUT2D eigenvalue weighted by Crippen LogP contribution is -2.42. The first-order valence-corrected chi connectivity index (χ1v) is 14.0. The number of fused-ring (bicyclic) bond motifs is 3. The highest BCUT2D eigenvalue weighted by Crippen LogP contribution is 2.34. The third-order valence-corrected chi connectivity index (χ3v) is 7.81. The molecule has 0 saturated heterocycles. The van der Waals surface area contributed by atoms with Crippen molar-refractivity contribution in [3.63, 3.8) is 0 Å². The Morgan fingerprint density at radius 3 is 2.63 bits per heavy atom. The van der Waals surface area contributed by atoms with Crippen molar-refractivity contribution >= 4 is 51.9 Å². The van der Waals surface area contributed by atoms with Gasteiger partial charge in [-0.3, -0.25) is 19.4 Å². The highest BCUT2D eigenvalue weighted by atomic mass is 32.2. The van der Waals surface area contributed by atoms with Crippen molar-refractivity contribution in [2.24, 2.45) is 9.98 Å². The van der Waals surface area contributed by atoms with E-state index in [1.807, 2.05) is 36.4 Å². The molecule has 2 aromatic carbocycles. The number of amides is 3. The Hall–Kier alpha value is -3.66. The number of hydrogen-bond donors (Lipinski definition) is 2. The Morgan fingerprint density at radius 2 is 1.82 bits per heavy atom. The first kappa shape index (κ1) is 26.0. The van der Waals surface area contributed by atoms with Crippen molar-refractivity contribution in [3.8, 4) is 5.75 Å². The number of nitrogens with one attached hydrogen (secondary N) is 2. The Balaban J connectivity index is 1.26. The van der Waals surface area contributed by atoms with E-state index in [-0.39, 0.29) is 35.9 Å². The van der Waals surface area contributed by atoms with Crippen molar-refractivity contribution in [1.29, 1.82) is 0 Å². The maximum atomic E-state index is 13.5. The van der Waals surface area contributed by atoms with Gasteiger partial charge in [-0.2, -0.15) is 0 Å². The van der Waals surface area contributed by atoms with Gasteiger partial charge in [0.15, 0.2) is 5.17 Å². The SMILES string of the molecule is COc1ccccc1NC(=O)CSC1=Nc2ccccc2C2=NC(CCC(=O)NC3CCCCC3)C(=O)N12. The lowest BCUT2D eigenvalue weighted by Gasteiger charge is -2.25. The van der Waals surface area contributed by atoms with Gasteiger partial charge < -0.3 is 15.4 Å². The average Bonchev–Trinajstić information content (AvgIpc) is 3.28. The molecule has 0 radical (unpaired) electrons. The quantitative estimate of drug-likeness (QED) is 0.527. The number of carbonyl (C=O) groups is 3. The molecule has 1 unspecified atom stereocenters. The van der Waals surface area contributed by atoms with E-state index >= 15 is 0 Å². The Morgan fingerprint density at radius 1 is 1.05 bits per heavy atom. The molecule has 2 aliphatic heterocycles. The average molecular weight is 534 g/mol. The molecule has 1 saturated carbocycles. The Bertz CT molecular complexity index is 1290. The highest BCUT2D eigenvalue weighted by Gasteiger charge is 2.41. The molecule has 5 rings (SSSR count). The van der Waals surface area contributed by atoms with Crippen LogP contribution in [0.1, 0.15) is 50.5 Å². The minimum Gasteiger partial charge on any atom is -0.495 e. The van der Waals surface area contributed by atoms with Crippen LogP contribution in [0.3, 0.4) is 0 Å². The van der Waals surface area contributed by atoms with Crippen molar-refractivity contribution in [2.45, 2.75) is 57.0 Å². The molecule has 0 bridgehead atoms. The molecule has 1 fully saturated rings. The number of hydrogen-bond acceptors (Lipinski definition) is 7. The normalized spacial score (nSPS) is 18.7. The van der Waals surface area contributed by atoms with Gasteiger partial charge >= 0.3 is 0 Å². The predicted octanol–water partition coefficient (Wildman–Crippen LogP) is 4.25. The molecule has 3 amide bonds. The van der Waals surface area contributed by atoms with E-state index in [4.69, 9.17) is 9.73 Å². The molecule has 2 N–H and O–H groups in total. The summed E-state index contributed by atoms with van der Waals surface area (Å²) in [7, 11) is 1.55. The van der Waals surface area contributed by atoms with Crippen LogP contribution in [0, 0.1) is 0 Å². The Kier molecular flexibility index (Phi) is 8.07. The number of para-hydroxylation sites is 3. The predicted molar refractivity (Wildman–Crippen MR) is 149 cm³/mol. The Labute approximate surface area is 226 Å². The van der Waals surface area contributed by atoms with Crippen LogP contribution in [-0.4, -0.2) is 58.6 Å². The van der Waals surface area contributed by atoms with Crippen molar-refractivity contribution in [1.82, 2.24) is 10.2 Å². The fraction of sp³-hybridized carbons (Fsp3) is 0.393. The summed E-state index contributed by atoms with van der Waals surface area (Å²) in [6.07, 6.45) is 6.11. The molecular weight excluding hydrogens is 502 g/mol. The van der Waals surface area contributed by atoms with Gasteiger partial charge in [-0.05, 0) is 43.5 Å². The smallest absolute Gasteiger partial charge is 0.259 e. The van der Waals surface area contributed by atoms with E-state index in [0.29, 0.717) is 34.5 Å². The van der Waals surface area contributed by atoms with E-state index in [2.05, 4.69) is 15.6 Å². The van der Waals surface area contributed by atoms with E-state index in [1.54, 1.807) is 19.2 Å². The number of benzene rings is 2. The fourth-order valence-electron chi connectivity index (χ4n) is 4.97. The van der Waals surface area contributed by atoms with Crippen LogP contribution >= 0.6 is 11.8 Å². The molecule has 3 aliphatic rings. The molecule has 1 atom stereocenters. The van der Waals surface area contributed by atoms with Crippen LogP contribution in [0.15, 0.2) is 58.5 Å². The summed E-state index contributed by atoms with van der Waals surface area (Å²) < 4.78 is 5.30. The second kappa shape index (κ2) is 11.8. The number of ether oxygens (including phenoxy) is 1. The van der Waals surface area contributed by atoms with Gasteiger partial charge in [-0.25, -0.2) is 9.89 Å². The van der Waals surface area contributed by atoms with Gasteiger partial charge in [0.05, 0.1) is 24.2 Å². The van der Waals surface area contributed by atoms with Gasteiger partial charge in [-0.1, -0.05) is 55.3 Å². The molecule has 1 aliphatic carbocycles. The summed E-state index contributed by atoms with van der Waals surface area (Å²) in [5.74, 6) is 0.620. The standard InChI is InChI=1S/C28H31N5O4S/c1-37-23-14-8-7-13-21(23)30-25(35)17-38-28-32-20-12-6-5-11-19(20)26-31-22(27(36)33(26)28)15-16-24(34)29-18-9-3-2-4-10-18/h5-8,11-14,18,22H,2-4,9-10,15-17H2,1H3,(H,29,34)(H,30,35). The summed E-state index contributed by atoms with van der Waals surface area (Å²) in [6.45, 7) is 0. The summed E-state index contributed by atoms with van der Waals surface area (Å²) >= 11 is 1.17. The van der Waals surface area contributed by atoms with Gasteiger partial charge in [0, 0.05) is 18.0 Å². The van der Waals surface area contributed by atoms with Gasteiger partial charge in [0.1, 0.15) is 17.6 Å². The van der Waals surface area contributed by atoms with Crippen molar-refractivity contribution in [2.75, 3.05) is 18.2 Å². The highest BCUT2D eigenvalue weighted by molar-refractivity contribution is 8.14. The largest absolute Gasteiger partial charge is 0.495 e. The molecule has 0 spiro atoms. The van der Waals surface area contributed by atoms with Crippen LogP contribution in [0.4, 0.5) is 11.4 Å². The van der Waals surface area contributed by atoms with Crippen LogP contribution in [0.2, 0.25) is 0 Å². The van der Waals surface area contributed by atoms with Gasteiger partial charge in [0.25, 0.3) is 5.91 Å². The fourth-order valence-corrected chi connectivity index (χ4v) is 5.77. The maximum Gasteiger partial charge on any atom is 0.259 e. The zero-order valence-corrected chi connectivity index (χ0v) is 22.1. The molecule has 10 heteroatoms. The number of aliphatic imine (C=N–C) groups is 2. The monoisotopic (exact) mass is 533 g/mol. The first-order chi connectivity index (χ1) is 18.5. The molecular formula is C28H31N5O4S. The zero-order chi connectivity index (χ0) is 26.5. The summed E-state index contributed by atoms with van der Waals surface area (Å²) in [5, 5.41) is 6.36. The molecule has 2 aromatic rings. The molecule has 9 nitrogen and oxygen atoms in total. The molecule has 2 heterocycles. The van der Waals surface area contributed by atoms with Crippen molar-refractivity contribution in [3.05, 3.63) is 54.1 Å². The van der Waals surface area contributed by atoms with Crippen LogP contribution in [0.25, 0.3) is 0 Å². The van der Waals surface area contributed by atoms with Crippen LogP contribution in [0.5, 0.6) is 5.75 Å². The number of methoxy groups -OCH3 is 1. The second-order valence-corrected chi connectivity index (χ2v) is 10.5. The number of rotatable bonds is 8. The maximum absolute atomic E-state index is 13.5. The van der Waals surface area contributed by atoms with Gasteiger partial charge in [0.2, 0.25) is 11.8 Å². The van der Waals surface area contributed by atoms with Gasteiger partial charge in [-0.15, -0.1) is 0 Å². The molecule has 198 valence electrons. The lowest BCUT2D eigenvalue weighted by atomic mass is 9.95. The zero-order valence-electron chi connectivity index (χ0n) is 21.3. The van der Waals surface area contributed by atoms with Crippen LogP contribution in [-0.2, 0) is 14.4 Å². The van der Waals surface area contributed by atoms with Crippen LogP contribution < -0.4 is 15.4 Å². The number of nitrogens with zero attached hydrogens (tertiary/aromatic N) is 3. The lowest BCUT2D eigenvalue weighted by molar-refractivity contribution is -0.125. The third-order valence-electron chi connectivity index (χ3n) is 6.88. The summed E-state index contributed by atoms with van der Waals surface area (Å²) in [6, 6.07) is 14.2. The topological polar surface area (TPSA) is 112 Å². The number of carbonyl (C=O) groups excluding carboxylic acids is 3. The molecule has 38 heavy (non-hydrogen) atoms. The number of anilines is 1. The minimum atomic E-state index is -0.665. The van der Waals surface area contributed by atoms with E-state index < -0.39 is 6.04 Å². The summed E-state index contributed by atoms with van der Waals surface area (Å²) in [5.41, 5.74) is 2.03. The van der Waals surface area contributed by atoms with E-state index in [9.17, 15) is 14.4 Å². The second-order valence-electron chi connectivity index (χ2n) is 9.53. The number of thioether (sulfide) groups is 1. The summed E-state index contributed by atoms with van der Waals surface area (Å²) in [4.78, 5) is 49.6. The first-order valence-electron chi connectivity index (χ1n) is 13.0.